The Morgan fingerprint density at radius 3 is 2.33 bits per heavy atom. The number of hydrogen-bond donors (Lipinski definition) is 1. The van der Waals surface area contributed by atoms with Crippen molar-refractivity contribution in [3.05, 3.63) is 29.8 Å². The largest absolute Gasteiger partial charge is 0.460 e. The van der Waals surface area contributed by atoms with Crippen LogP contribution in [0, 0.1) is 0 Å². The molecule has 1 aromatic rings. The van der Waals surface area contributed by atoms with Gasteiger partial charge in [-0.25, -0.2) is 4.79 Å². The molecule has 5 nitrogen and oxygen atoms in total. The van der Waals surface area contributed by atoms with Crippen LogP contribution in [0.3, 0.4) is 0 Å². The van der Waals surface area contributed by atoms with Crippen molar-refractivity contribution < 1.29 is 19.1 Å². The Morgan fingerprint density at radius 2 is 1.78 bits per heavy atom. The van der Waals surface area contributed by atoms with Crippen LogP contribution in [-0.2, 0) is 25.5 Å². The van der Waals surface area contributed by atoms with Crippen LogP contribution in [0.2, 0.25) is 0 Å². The molecule has 2 N–H and O–H groups in total. The molecule has 0 atom stereocenters. The summed E-state index contributed by atoms with van der Waals surface area (Å²) >= 11 is 0. The number of rotatable bonds is 5. The quantitative estimate of drug-likeness (QED) is 0.630. The number of carbonyl (C=O) groups is 2. The summed E-state index contributed by atoms with van der Waals surface area (Å²) in [5.41, 5.74) is 6.94. The van der Waals surface area contributed by atoms with Gasteiger partial charge in [-0.3, -0.25) is 4.79 Å². The van der Waals surface area contributed by atoms with Crippen LogP contribution in [-0.4, -0.2) is 24.6 Å². The van der Waals surface area contributed by atoms with E-state index in [0.717, 1.165) is 5.56 Å². The molecule has 0 bridgehead atoms. The summed E-state index contributed by atoms with van der Waals surface area (Å²) in [5.74, 6) is -1.02. The van der Waals surface area contributed by atoms with Gasteiger partial charge in [0.1, 0.15) is 0 Å². The first-order valence-electron chi connectivity index (χ1n) is 5.67. The second-order valence-electron chi connectivity index (χ2n) is 4.12. The van der Waals surface area contributed by atoms with Crippen molar-refractivity contribution in [1.29, 1.82) is 0 Å². The van der Waals surface area contributed by atoms with Crippen molar-refractivity contribution in [1.82, 2.24) is 0 Å². The van der Waals surface area contributed by atoms with Gasteiger partial charge < -0.3 is 15.2 Å². The van der Waals surface area contributed by atoms with Crippen molar-refractivity contribution >= 4 is 17.6 Å². The maximum absolute atomic E-state index is 11.4. The maximum Gasteiger partial charge on any atom is 0.344 e. The van der Waals surface area contributed by atoms with Gasteiger partial charge in [-0.15, -0.1) is 0 Å². The Kier molecular flexibility index (Phi) is 5.17. The third-order valence-electron chi connectivity index (χ3n) is 2.05. The van der Waals surface area contributed by atoms with Crippen molar-refractivity contribution in [2.24, 2.45) is 0 Å². The highest BCUT2D eigenvalue weighted by molar-refractivity contribution is 5.77. The van der Waals surface area contributed by atoms with Gasteiger partial charge in [0.05, 0.1) is 12.5 Å². The van der Waals surface area contributed by atoms with E-state index in [2.05, 4.69) is 0 Å². The zero-order chi connectivity index (χ0) is 13.5. The highest BCUT2D eigenvalue weighted by atomic mass is 16.6. The van der Waals surface area contributed by atoms with Crippen molar-refractivity contribution in [3.63, 3.8) is 0 Å². The minimum absolute atomic E-state index is 0.106. The van der Waals surface area contributed by atoms with Gasteiger partial charge in [0.25, 0.3) is 0 Å². The van der Waals surface area contributed by atoms with Gasteiger partial charge in [-0.05, 0) is 31.5 Å². The molecule has 0 aliphatic rings. The molecule has 0 amide bonds. The molecule has 0 heterocycles. The molecule has 0 radical (unpaired) electrons. The smallest absolute Gasteiger partial charge is 0.344 e. The molecule has 0 unspecified atom stereocenters. The predicted octanol–water partition coefficient (Wildman–Crippen LogP) is 1.31. The fourth-order valence-corrected chi connectivity index (χ4v) is 1.29. The number of nitrogen functional groups attached to an aromatic ring is 1. The van der Waals surface area contributed by atoms with Crippen LogP contribution < -0.4 is 5.73 Å². The van der Waals surface area contributed by atoms with E-state index in [9.17, 15) is 9.59 Å². The average molecular weight is 251 g/mol. The van der Waals surface area contributed by atoms with E-state index in [-0.39, 0.29) is 19.1 Å². The Balaban J connectivity index is 2.34. The minimum atomic E-state index is -0.546. The van der Waals surface area contributed by atoms with Crippen molar-refractivity contribution in [2.75, 3.05) is 12.3 Å². The SMILES string of the molecule is CC(C)OC(=O)COC(=O)Cc1ccc(N)cc1. The van der Waals surface area contributed by atoms with Gasteiger partial charge in [0.2, 0.25) is 0 Å². The number of nitrogens with two attached hydrogens (primary N) is 1. The standard InChI is InChI=1S/C13H17NO4/c1-9(2)18-13(16)8-17-12(15)7-10-3-5-11(14)6-4-10/h3-6,9H,7-8,14H2,1-2H3. The third kappa shape index (κ3) is 5.34. The molecular formula is C13H17NO4. The van der Waals surface area contributed by atoms with E-state index in [1.54, 1.807) is 38.1 Å². The third-order valence-corrected chi connectivity index (χ3v) is 2.05. The topological polar surface area (TPSA) is 78.6 Å². The first kappa shape index (κ1) is 14.0. The number of hydrogen-bond acceptors (Lipinski definition) is 5. The van der Waals surface area contributed by atoms with Crippen LogP contribution in [0.4, 0.5) is 5.69 Å². The average Bonchev–Trinajstić information content (AvgIpc) is 2.29. The Hall–Kier alpha value is -2.04. The van der Waals surface area contributed by atoms with Gasteiger partial charge in [-0.1, -0.05) is 12.1 Å². The van der Waals surface area contributed by atoms with Crippen molar-refractivity contribution in [2.45, 2.75) is 26.4 Å². The number of carbonyl (C=O) groups excluding carboxylic acids is 2. The lowest BCUT2D eigenvalue weighted by Crippen LogP contribution is -2.20. The van der Waals surface area contributed by atoms with E-state index in [1.807, 2.05) is 0 Å². The van der Waals surface area contributed by atoms with Gasteiger partial charge in [0, 0.05) is 5.69 Å². The molecule has 0 saturated carbocycles. The van der Waals surface area contributed by atoms with Crippen molar-refractivity contribution in [3.8, 4) is 0 Å². The number of anilines is 1. The summed E-state index contributed by atoms with van der Waals surface area (Å²) in [6.07, 6.45) is -0.108. The maximum atomic E-state index is 11.4. The lowest BCUT2D eigenvalue weighted by atomic mass is 10.1. The van der Waals surface area contributed by atoms with Gasteiger partial charge in [-0.2, -0.15) is 0 Å². The molecule has 0 aliphatic heterocycles. The predicted molar refractivity (Wildman–Crippen MR) is 66.7 cm³/mol. The van der Waals surface area contributed by atoms with Crippen LogP contribution in [0.25, 0.3) is 0 Å². The van der Waals surface area contributed by atoms with Crippen LogP contribution >= 0.6 is 0 Å². The first-order valence-corrected chi connectivity index (χ1v) is 5.67. The second kappa shape index (κ2) is 6.64. The first-order chi connectivity index (χ1) is 8.47. The molecule has 1 rings (SSSR count). The fourth-order valence-electron chi connectivity index (χ4n) is 1.29. The minimum Gasteiger partial charge on any atom is -0.460 e. The molecule has 18 heavy (non-hydrogen) atoms. The zero-order valence-electron chi connectivity index (χ0n) is 10.5. The summed E-state index contributed by atoms with van der Waals surface area (Å²) in [4.78, 5) is 22.6. The number of benzene rings is 1. The summed E-state index contributed by atoms with van der Waals surface area (Å²) in [5, 5.41) is 0. The van der Waals surface area contributed by atoms with E-state index >= 15 is 0 Å². The van der Waals surface area contributed by atoms with E-state index < -0.39 is 11.9 Å². The zero-order valence-corrected chi connectivity index (χ0v) is 10.5. The van der Waals surface area contributed by atoms with Crippen LogP contribution in [0.1, 0.15) is 19.4 Å². The Morgan fingerprint density at radius 1 is 1.17 bits per heavy atom. The highest BCUT2D eigenvalue weighted by Crippen LogP contribution is 2.06. The number of ether oxygens (including phenoxy) is 2. The normalized spacial score (nSPS) is 10.2. The highest BCUT2D eigenvalue weighted by Gasteiger charge is 2.10. The van der Waals surface area contributed by atoms with Crippen LogP contribution in [0.5, 0.6) is 0 Å². The van der Waals surface area contributed by atoms with Gasteiger partial charge >= 0.3 is 11.9 Å². The second-order valence-corrected chi connectivity index (χ2v) is 4.12. The molecule has 0 aliphatic carbocycles. The molecule has 5 heteroatoms. The van der Waals surface area contributed by atoms with E-state index in [1.165, 1.54) is 0 Å². The molecule has 0 aromatic heterocycles. The van der Waals surface area contributed by atoms with E-state index in [4.69, 9.17) is 15.2 Å². The Labute approximate surface area is 106 Å². The summed E-state index contributed by atoms with van der Waals surface area (Å²) in [6, 6.07) is 6.89. The molecule has 0 spiro atoms. The van der Waals surface area contributed by atoms with Crippen LogP contribution in [0.15, 0.2) is 24.3 Å². The fraction of sp³-hybridized carbons (Fsp3) is 0.385. The Bertz CT molecular complexity index is 412. The summed E-state index contributed by atoms with van der Waals surface area (Å²) < 4.78 is 9.63. The summed E-state index contributed by atoms with van der Waals surface area (Å²) in [6.45, 7) is 3.11. The van der Waals surface area contributed by atoms with E-state index in [0.29, 0.717) is 5.69 Å². The number of esters is 2. The summed E-state index contributed by atoms with van der Waals surface area (Å²) in [7, 11) is 0. The monoisotopic (exact) mass is 251 g/mol. The molecule has 0 fully saturated rings. The molecule has 98 valence electrons. The van der Waals surface area contributed by atoms with Gasteiger partial charge in [0.15, 0.2) is 6.61 Å². The molecular weight excluding hydrogens is 234 g/mol. The molecule has 1 aromatic carbocycles. The lowest BCUT2D eigenvalue weighted by Gasteiger charge is -2.08. The molecule has 0 saturated heterocycles. The lowest BCUT2D eigenvalue weighted by molar-refractivity contribution is -0.160.